The average Bonchev–Trinajstić information content (AvgIpc) is 3.45. The van der Waals surface area contributed by atoms with E-state index in [1.165, 1.54) is 29.6 Å². The molecule has 1 atom stereocenters. The lowest BCUT2D eigenvalue weighted by Gasteiger charge is -2.14. The lowest BCUT2D eigenvalue weighted by atomic mass is 10.1. The highest BCUT2D eigenvalue weighted by Crippen LogP contribution is 2.16. The van der Waals surface area contributed by atoms with Crippen LogP contribution in [0.1, 0.15) is 23.2 Å². The van der Waals surface area contributed by atoms with Crippen molar-refractivity contribution >= 4 is 28.7 Å². The standard InChI is InChI=1S/C21H24N6O5/c1-25-18-17(20(30)26(2)21(25)31)27(12-23-18)11-16(28)24-15-8-4-3-7-14(15)19(29)22-10-13-6-5-9-32-13/h3-4,7-8,12-13H,5-6,9-11H2,1-2H3,(H,22,29)(H,24,28). The zero-order valence-corrected chi connectivity index (χ0v) is 17.8. The van der Waals surface area contributed by atoms with Gasteiger partial charge in [-0.3, -0.25) is 23.5 Å². The number of aromatic nitrogens is 4. The predicted molar refractivity (Wildman–Crippen MR) is 117 cm³/mol. The fourth-order valence-corrected chi connectivity index (χ4v) is 3.76. The van der Waals surface area contributed by atoms with Gasteiger partial charge in [-0.15, -0.1) is 0 Å². The van der Waals surface area contributed by atoms with Crippen molar-refractivity contribution in [1.29, 1.82) is 0 Å². The van der Waals surface area contributed by atoms with Crippen LogP contribution in [-0.2, 0) is 30.2 Å². The number of rotatable bonds is 6. The molecule has 11 nitrogen and oxygen atoms in total. The number of anilines is 1. The van der Waals surface area contributed by atoms with E-state index in [1.807, 2.05) is 0 Å². The number of para-hydroxylation sites is 1. The van der Waals surface area contributed by atoms with Gasteiger partial charge in [0.05, 0.1) is 23.7 Å². The van der Waals surface area contributed by atoms with Gasteiger partial charge in [0.2, 0.25) is 5.91 Å². The molecule has 0 bridgehead atoms. The van der Waals surface area contributed by atoms with Crippen LogP contribution in [0, 0.1) is 0 Å². The molecule has 1 saturated heterocycles. The molecule has 0 spiro atoms. The summed E-state index contributed by atoms with van der Waals surface area (Å²) in [5.41, 5.74) is -0.0192. The summed E-state index contributed by atoms with van der Waals surface area (Å²) < 4.78 is 9.11. The molecule has 1 aliphatic rings. The normalized spacial score (nSPS) is 15.8. The van der Waals surface area contributed by atoms with Crippen molar-refractivity contribution in [1.82, 2.24) is 24.0 Å². The molecule has 2 aromatic heterocycles. The maximum Gasteiger partial charge on any atom is 0.332 e. The van der Waals surface area contributed by atoms with E-state index in [0.717, 1.165) is 17.4 Å². The van der Waals surface area contributed by atoms with Crippen molar-refractivity contribution in [3.63, 3.8) is 0 Å². The number of hydrogen-bond acceptors (Lipinski definition) is 6. The van der Waals surface area contributed by atoms with Crippen molar-refractivity contribution < 1.29 is 14.3 Å². The summed E-state index contributed by atoms with van der Waals surface area (Å²) >= 11 is 0. The van der Waals surface area contributed by atoms with E-state index in [-0.39, 0.29) is 29.7 Å². The Morgan fingerprint density at radius 1 is 1.19 bits per heavy atom. The molecular formula is C21H24N6O5. The highest BCUT2D eigenvalue weighted by Gasteiger charge is 2.20. The van der Waals surface area contributed by atoms with Crippen LogP contribution in [0.15, 0.2) is 40.2 Å². The Balaban J connectivity index is 1.51. The first kappa shape index (κ1) is 21.5. The van der Waals surface area contributed by atoms with Crippen molar-refractivity contribution in [3.8, 4) is 0 Å². The van der Waals surface area contributed by atoms with Gasteiger partial charge in [-0.25, -0.2) is 9.78 Å². The van der Waals surface area contributed by atoms with Crippen LogP contribution in [0.3, 0.4) is 0 Å². The van der Waals surface area contributed by atoms with Gasteiger partial charge in [0.15, 0.2) is 11.2 Å². The van der Waals surface area contributed by atoms with E-state index in [1.54, 1.807) is 24.3 Å². The number of imidazole rings is 1. The average molecular weight is 440 g/mol. The first-order chi connectivity index (χ1) is 15.4. The van der Waals surface area contributed by atoms with Crippen LogP contribution in [-0.4, -0.2) is 49.8 Å². The second kappa shape index (κ2) is 8.79. The summed E-state index contributed by atoms with van der Waals surface area (Å²) in [5.74, 6) is -0.757. The maximum atomic E-state index is 12.7. The molecule has 2 amide bonds. The van der Waals surface area contributed by atoms with Crippen LogP contribution in [0.2, 0.25) is 0 Å². The Kier molecular flexibility index (Phi) is 5.91. The molecule has 3 aromatic rings. The number of nitrogens with one attached hydrogen (secondary N) is 2. The van der Waals surface area contributed by atoms with Gasteiger partial charge < -0.3 is 19.9 Å². The summed E-state index contributed by atoms with van der Waals surface area (Å²) in [6.07, 6.45) is 3.23. The molecule has 0 aliphatic carbocycles. The number of benzene rings is 1. The molecule has 1 unspecified atom stereocenters. The second-order valence-corrected chi connectivity index (χ2v) is 7.69. The number of nitrogens with zero attached hydrogens (tertiary/aromatic N) is 4. The van der Waals surface area contributed by atoms with Gasteiger partial charge >= 0.3 is 5.69 Å². The Bertz CT molecular complexity index is 1300. The minimum Gasteiger partial charge on any atom is -0.376 e. The van der Waals surface area contributed by atoms with Gasteiger partial charge in [-0.05, 0) is 25.0 Å². The Labute approximate surface area is 182 Å². The van der Waals surface area contributed by atoms with E-state index in [0.29, 0.717) is 24.4 Å². The summed E-state index contributed by atoms with van der Waals surface area (Å²) in [6.45, 7) is 0.896. The van der Waals surface area contributed by atoms with Crippen LogP contribution < -0.4 is 21.9 Å². The van der Waals surface area contributed by atoms with E-state index in [4.69, 9.17) is 4.74 Å². The number of carbonyl (C=O) groups is 2. The second-order valence-electron chi connectivity index (χ2n) is 7.69. The number of fused-ring (bicyclic) bond motifs is 1. The first-order valence-electron chi connectivity index (χ1n) is 10.3. The fraction of sp³-hybridized carbons (Fsp3) is 0.381. The Morgan fingerprint density at radius 3 is 2.72 bits per heavy atom. The number of amides is 2. The summed E-state index contributed by atoms with van der Waals surface area (Å²) in [4.78, 5) is 54.1. The molecule has 3 heterocycles. The topological polar surface area (TPSA) is 129 Å². The van der Waals surface area contributed by atoms with Crippen LogP contribution in [0.4, 0.5) is 5.69 Å². The Morgan fingerprint density at radius 2 is 1.97 bits per heavy atom. The molecular weight excluding hydrogens is 416 g/mol. The lowest BCUT2D eigenvalue weighted by Crippen LogP contribution is -2.37. The van der Waals surface area contributed by atoms with E-state index in [2.05, 4.69) is 15.6 Å². The largest absolute Gasteiger partial charge is 0.376 e. The van der Waals surface area contributed by atoms with E-state index in [9.17, 15) is 19.2 Å². The smallest absolute Gasteiger partial charge is 0.332 e. The van der Waals surface area contributed by atoms with Gasteiger partial charge in [-0.2, -0.15) is 0 Å². The SMILES string of the molecule is Cn1c(=O)c2c(ncn2CC(=O)Nc2ccccc2C(=O)NCC2CCCO2)n(C)c1=O. The minimum atomic E-state index is -0.540. The quantitative estimate of drug-likeness (QED) is 0.554. The summed E-state index contributed by atoms with van der Waals surface area (Å²) in [7, 11) is 2.87. The fourth-order valence-electron chi connectivity index (χ4n) is 3.76. The van der Waals surface area contributed by atoms with Crippen molar-refractivity contribution in [3.05, 3.63) is 57.0 Å². The highest BCUT2D eigenvalue weighted by molar-refractivity contribution is 6.03. The van der Waals surface area contributed by atoms with E-state index < -0.39 is 17.2 Å². The van der Waals surface area contributed by atoms with Gasteiger partial charge in [0.25, 0.3) is 11.5 Å². The lowest BCUT2D eigenvalue weighted by molar-refractivity contribution is -0.116. The number of ether oxygens (including phenoxy) is 1. The monoisotopic (exact) mass is 440 g/mol. The molecule has 0 radical (unpaired) electrons. The van der Waals surface area contributed by atoms with Crippen molar-refractivity contribution in [2.75, 3.05) is 18.5 Å². The van der Waals surface area contributed by atoms with Gasteiger partial charge in [-0.1, -0.05) is 12.1 Å². The van der Waals surface area contributed by atoms with Gasteiger partial charge in [0.1, 0.15) is 6.54 Å². The third kappa shape index (κ3) is 4.06. The van der Waals surface area contributed by atoms with Crippen LogP contribution in [0.5, 0.6) is 0 Å². The third-order valence-electron chi connectivity index (χ3n) is 5.49. The molecule has 4 rings (SSSR count). The zero-order chi connectivity index (χ0) is 22.8. The Hall–Kier alpha value is -3.73. The molecule has 1 aromatic carbocycles. The van der Waals surface area contributed by atoms with Crippen LogP contribution >= 0.6 is 0 Å². The maximum absolute atomic E-state index is 12.7. The molecule has 2 N–H and O–H groups in total. The molecule has 168 valence electrons. The van der Waals surface area contributed by atoms with E-state index >= 15 is 0 Å². The van der Waals surface area contributed by atoms with Crippen LogP contribution in [0.25, 0.3) is 11.2 Å². The molecule has 1 aliphatic heterocycles. The summed E-state index contributed by atoms with van der Waals surface area (Å²) in [6, 6.07) is 6.68. The minimum absolute atomic E-state index is 0.00815. The molecule has 0 saturated carbocycles. The van der Waals surface area contributed by atoms with Crippen molar-refractivity contribution in [2.45, 2.75) is 25.5 Å². The number of aryl methyl sites for hydroxylation is 1. The first-order valence-corrected chi connectivity index (χ1v) is 10.3. The predicted octanol–water partition coefficient (Wildman–Crippen LogP) is -0.0188. The number of carbonyl (C=O) groups excluding carboxylic acids is 2. The van der Waals surface area contributed by atoms with Crippen molar-refractivity contribution in [2.24, 2.45) is 14.1 Å². The third-order valence-corrected chi connectivity index (χ3v) is 5.49. The zero-order valence-electron chi connectivity index (χ0n) is 17.8. The highest BCUT2D eigenvalue weighted by atomic mass is 16.5. The summed E-state index contributed by atoms with van der Waals surface area (Å²) in [5, 5.41) is 5.57. The molecule has 1 fully saturated rings. The number of hydrogen-bond donors (Lipinski definition) is 2. The molecule has 32 heavy (non-hydrogen) atoms. The van der Waals surface area contributed by atoms with Gasteiger partial charge in [0, 0.05) is 27.2 Å². The molecule has 11 heteroatoms.